The molecule has 0 aliphatic heterocycles. The Kier molecular flexibility index (Phi) is 3.62. The number of hydrogen-bond donors (Lipinski definition) is 1. The van der Waals surface area contributed by atoms with Crippen LogP contribution in [0, 0.1) is 0 Å². The average Bonchev–Trinajstić information content (AvgIpc) is 2.06. The Bertz CT molecular complexity index is 225. The van der Waals surface area contributed by atoms with E-state index in [0.29, 0.717) is 0 Å². The fraction of sp³-hybridized carbons (Fsp3) is 0.375. The molecule has 2 nitrogen and oxygen atoms in total. The minimum Gasteiger partial charge on any atom is -0.370 e. The summed E-state index contributed by atoms with van der Waals surface area (Å²) < 4.78 is 1.01. The van der Waals surface area contributed by atoms with Crippen LogP contribution in [0.25, 0.3) is 0 Å². The highest BCUT2D eigenvalue weighted by Gasteiger charge is 1.97. The van der Waals surface area contributed by atoms with Crippen LogP contribution in [0.5, 0.6) is 0 Å². The van der Waals surface area contributed by atoms with Crippen LogP contribution in [0.1, 0.15) is 12.5 Å². The van der Waals surface area contributed by atoms with Gasteiger partial charge in [0.25, 0.3) is 0 Å². The van der Waals surface area contributed by atoms with E-state index < -0.39 is 0 Å². The molecule has 0 aromatic carbocycles. The van der Waals surface area contributed by atoms with Crippen molar-refractivity contribution in [2.24, 2.45) is 0 Å². The Balaban J connectivity index is 2.83. The smallest absolute Gasteiger partial charge is 0.129 e. The maximum absolute atomic E-state index is 4.22. The third kappa shape index (κ3) is 2.32. The second-order valence-electron chi connectivity index (χ2n) is 2.18. The molecule has 1 N–H and O–H groups in total. The summed E-state index contributed by atoms with van der Waals surface area (Å²) in [6.45, 7) is 3.01. The first-order valence-electron chi connectivity index (χ1n) is 3.62. The van der Waals surface area contributed by atoms with Gasteiger partial charge in [0.15, 0.2) is 0 Å². The highest BCUT2D eigenvalue weighted by molar-refractivity contribution is 14.1. The van der Waals surface area contributed by atoms with Crippen molar-refractivity contribution in [3.05, 3.63) is 23.9 Å². The average molecular weight is 262 g/mol. The molecule has 0 saturated heterocycles. The van der Waals surface area contributed by atoms with Crippen molar-refractivity contribution in [3.8, 4) is 0 Å². The minimum atomic E-state index is 0.931. The number of rotatable bonds is 3. The first-order valence-corrected chi connectivity index (χ1v) is 5.14. The van der Waals surface area contributed by atoms with Gasteiger partial charge in [-0.2, -0.15) is 0 Å². The van der Waals surface area contributed by atoms with Crippen molar-refractivity contribution in [1.29, 1.82) is 0 Å². The lowest BCUT2D eigenvalue weighted by atomic mass is 10.3. The predicted octanol–water partition coefficient (Wildman–Crippen LogP) is 2.45. The van der Waals surface area contributed by atoms with Crippen molar-refractivity contribution in [2.45, 2.75) is 11.4 Å². The first kappa shape index (κ1) is 8.77. The summed E-state index contributed by atoms with van der Waals surface area (Å²) in [7, 11) is 0. The molecular weight excluding hydrogens is 251 g/mol. The summed E-state index contributed by atoms with van der Waals surface area (Å²) in [6, 6.07) is 4.06. The van der Waals surface area contributed by atoms with Gasteiger partial charge in [0.2, 0.25) is 0 Å². The molecule has 0 aliphatic carbocycles. The Hall–Kier alpha value is -0.320. The summed E-state index contributed by atoms with van der Waals surface area (Å²) in [5.41, 5.74) is 1.27. The first-order chi connectivity index (χ1) is 5.38. The van der Waals surface area contributed by atoms with E-state index in [1.54, 1.807) is 0 Å². The third-order valence-electron chi connectivity index (χ3n) is 1.38. The van der Waals surface area contributed by atoms with Gasteiger partial charge < -0.3 is 5.32 Å². The molecule has 1 heterocycles. The fourth-order valence-electron chi connectivity index (χ4n) is 0.873. The number of anilines is 1. The molecule has 0 radical (unpaired) electrons. The maximum Gasteiger partial charge on any atom is 0.129 e. The number of aromatic nitrogens is 1. The second kappa shape index (κ2) is 4.54. The molecule has 0 saturated carbocycles. The predicted molar refractivity (Wildman–Crippen MR) is 56.1 cm³/mol. The number of nitrogens with one attached hydrogen (secondary N) is 1. The van der Waals surface area contributed by atoms with E-state index in [2.05, 4.69) is 45.9 Å². The molecule has 11 heavy (non-hydrogen) atoms. The van der Waals surface area contributed by atoms with E-state index in [-0.39, 0.29) is 0 Å². The standard InChI is InChI=1S/C8H11IN2/c1-2-10-8-7(6-9)4-3-5-11-8/h3-5H,2,6H2,1H3,(H,10,11). The van der Waals surface area contributed by atoms with Crippen LogP contribution in [0.2, 0.25) is 0 Å². The normalized spacial score (nSPS) is 9.64. The van der Waals surface area contributed by atoms with E-state index in [9.17, 15) is 0 Å². The van der Waals surface area contributed by atoms with E-state index in [4.69, 9.17) is 0 Å². The molecular formula is C8H11IN2. The number of pyridine rings is 1. The van der Waals surface area contributed by atoms with Gasteiger partial charge in [0, 0.05) is 22.7 Å². The molecule has 3 heteroatoms. The number of hydrogen-bond acceptors (Lipinski definition) is 2. The number of halogens is 1. The van der Waals surface area contributed by atoms with Gasteiger partial charge in [0.05, 0.1) is 0 Å². The number of alkyl halides is 1. The van der Waals surface area contributed by atoms with Gasteiger partial charge >= 0.3 is 0 Å². The lowest BCUT2D eigenvalue weighted by molar-refractivity contribution is 1.14. The van der Waals surface area contributed by atoms with Gasteiger partial charge in [-0.15, -0.1) is 0 Å². The zero-order valence-electron chi connectivity index (χ0n) is 6.47. The summed E-state index contributed by atoms with van der Waals surface area (Å²) in [6.07, 6.45) is 1.81. The topological polar surface area (TPSA) is 24.9 Å². The maximum atomic E-state index is 4.22. The van der Waals surface area contributed by atoms with Gasteiger partial charge in [-0.25, -0.2) is 4.98 Å². The van der Waals surface area contributed by atoms with Crippen LogP contribution in [-0.4, -0.2) is 11.5 Å². The zero-order valence-corrected chi connectivity index (χ0v) is 8.63. The van der Waals surface area contributed by atoms with Crippen molar-refractivity contribution < 1.29 is 0 Å². The summed E-state index contributed by atoms with van der Waals surface area (Å²) >= 11 is 2.34. The Morgan fingerprint density at radius 2 is 2.45 bits per heavy atom. The molecule has 0 amide bonds. The Morgan fingerprint density at radius 1 is 1.64 bits per heavy atom. The molecule has 0 fully saturated rings. The number of nitrogens with zero attached hydrogens (tertiary/aromatic N) is 1. The molecule has 0 unspecified atom stereocenters. The molecule has 0 bridgehead atoms. The van der Waals surface area contributed by atoms with Crippen molar-refractivity contribution in [2.75, 3.05) is 11.9 Å². The van der Waals surface area contributed by atoms with Crippen molar-refractivity contribution in [1.82, 2.24) is 4.98 Å². The molecule has 60 valence electrons. The van der Waals surface area contributed by atoms with E-state index in [1.165, 1.54) is 5.56 Å². The van der Waals surface area contributed by atoms with Gasteiger partial charge in [-0.3, -0.25) is 0 Å². The lowest BCUT2D eigenvalue weighted by Crippen LogP contribution is -2.01. The summed E-state index contributed by atoms with van der Waals surface area (Å²) in [4.78, 5) is 4.22. The van der Waals surface area contributed by atoms with Gasteiger partial charge in [-0.1, -0.05) is 28.7 Å². The largest absolute Gasteiger partial charge is 0.370 e. The Morgan fingerprint density at radius 3 is 3.09 bits per heavy atom. The van der Waals surface area contributed by atoms with Crippen molar-refractivity contribution in [3.63, 3.8) is 0 Å². The monoisotopic (exact) mass is 262 g/mol. The quantitative estimate of drug-likeness (QED) is 0.668. The van der Waals surface area contributed by atoms with Crippen LogP contribution in [-0.2, 0) is 4.43 Å². The van der Waals surface area contributed by atoms with E-state index >= 15 is 0 Å². The van der Waals surface area contributed by atoms with Crippen LogP contribution < -0.4 is 5.32 Å². The van der Waals surface area contributed by atoms with Crippen LogP contribution in [0.3, 0.4) is 0 Å². The molecule has 0 aliphatic rings. The molecule has 1 rings (SSSR count). The lowest BCUT2D eigenvalue weighted by Gasteiger charge is -2.05. The van der Waals surface area contributed by atoms with Crippen LogP contribution in [0.4, 0.5) is 5.82 Å². The molecule has 1 aromatic rings. The fourth-order valence-corrected chi connectivity index (χ4v) is 1.49. The molecule has 0 atom stereocenters. The highest BCUT2D eigenvalue weighted by Crippen LogP contribution is 2.14. The van der Waals surface area contributed by atoms with Crippen LogP contribution >= 0.6 is 22.6 Å². The minimum absolute atomic E-state index is 0.931. The molecule has 0 spiro atoms. The molecule has 1 aromatic heterocycles. The summed E-state index contributed by atoms with van der Waals surface area (Å²) in [5.74, 6) is 1.02. The SMILES string of the molecule is CCNc1ncccc1CI. The van der Waals surface area contributed by atoms with Crippen LogP contribution in [0.15, 0.2) is 18.3 Å². The van der Waals surface area contributed by atoms with E-state index in [1.807, 2.05) is 12.3 Å². The second-order valence-corrected chi connectivity index (χ2v) is 2.94. The summed E-state index contributed by atoms with van der Waals surface area (Å²) in [5, 5.41) is 3.21. The van der Waals surface area contributed by atoms with Crippen molar-refractivity contribution >= 4 is 28.4 Å². The Labute approximate surface area is 80.6 Å². The highest BCUT2D eigenvalue weighted by atomic mass is 127. The van der Waals surface area contributed by atoms with E-state index in [0.717, 1.165) is 16.8 Å². The van der Waals surface area contributed by atoms with Gasteiger partial charge in [0.1, 0.15) is 5.82 Å². The zero-order chi connectivity index (χ0) is 8.10. The third-order valence-corrected chi connectivity index (χ3v) is 2.20. The van der Waals surface area contributed by atoms with Gasteiger partial charge in [-0.05, 0) is 13.0 Å².